The van der Waals surface area contributed by atoms with Crippen LogP contribution in [0.15, 0.2) is 28.7 Å². The Morgan fingerprint density at radius 1 is 1.32 bits per heavy atom. The largest absolute Gasteiger partial charge is 0.476 e. The Balaban J connectivity index is 1.84. The van der Waals surface area contributed by atoms with Crippen molar-refractivity contribution in [1.29, 1.82) is 0 Å². The molecule has 130 valence electrons. The Morgan fingerprint density at radius 2 is 2.08 bits per heavy atom. The summed E-state index contributed by atoms with van der Waals surface area (Å²) in [5.41, 5.74) is 3.38. The predicted octanol–water partition coefficient (Wildman–Crippen LogP) is 3.86. The SMILES string of the molecule is CC(C)(C)C1CCc2c(c(C(=O)O)nn2-c2nc3ccccc3o2)C1. The van der Waals surface area contributed by atoms with Crippen LogP contribution >= 0.6 is 0 Å². The van der Waals surface area contributed by atoms with E-state index in [-0.39, 0.29) is 11.1 Å². The van der Waals surface area contributed by atoms with Gasteiger partial charge >= 0.3 is 12.0 Å². The van der Waals surface area contributed by atoms with E-state index in [0.717, 1.165) is 36.0 Å². The molecule has 25 heavy (non-hydrogen) atoms. The predicted molar refractivity (Wildman–Crippen MR) is 93.1 cm³/mol. The quantitative estimate of drug-likeness (QED) is 0.766. The van der Waals surface area contributed by atoms with Crippen molar-refractivity contribution in [3.63, 3.8) is 0 Å². The van der Waals surface area contributed by atoms with Gasteiger partial charge in [-0.15, -0.1) is 0 Å². The minimum absolute atomic E-state index is 0.117. The summed E-state index contributed by atoms with van der Waals surface area (Å²) in [4.78, 5) is 16.2. The molecule has 0 spiro atoms. The average Bonchev–Trinajstić information content (AvgIpc) is 3.14. The maximum Gasteiger partial charge on any atom is 0.356 e. The number of oxazole rings is 1. The molecule has 0 fully saturated rings. The van der Waals surface area contributed by atoms with Gasteiger partial charge in [0.05, 0.1) is 5.69 Å². The van der Waals surface area contributed by atoms with Gasteiger partial charge in [0.15, 0.2) is 11.3 Å². The topological polar surface area (TPSA) is 81.1 Å². The Bertz CT molecular complexity index is 929. The maximum absolute atomic E-state index is 11.7. The molecule has 0 bridgehead atoms. The lowest BCUT2D eigenvalue weighted by atomic mass is 9.71. The number of nitrogens with zero attached hydrogens (tertiary/aromatic N) is 3. The molecular formula is C19H21N3O3. The minimum Gasteiger partial charge on any atom is -0.476 e. The second-order valence-electron chi connectivity index (χ2n) is 7.76. The molecule has 0 saturated carbocycles. The highest BCUT2D eigenvalue weighted by molar-refractivity contribution is 5.87. The highest BCUT2D eigenvalue weighted by Crippen LogP contribution is 2.39. The van der Waals surface area contributed by atoms with E-state index in [1.807, 2.05) is 24.3 Å². The van der Waals surface area contributed by atoms with Crippen molar-refractivity contribution >= 4 is 17.1 Å². The first-order valence-corrected chi connectivity index (χ1v) is 8.54. The zero-order valence-electron chi connectivity index (χ0n) is 14.6. The molecule has 1 N–H and O–H groups in total. The van der Waals surface area contributed by atoms with Crippen LogP contribution in [-0.4, -0.2) is 25.8 Å². The van der Waals surface area contributed by atoms with Crippen LogP contribution in [0.4, 0.5) is 0 Å². The van der Waals surface area contributed by atoms with E-state index < -0.39 is 5.97 Å². The number of aromatic nitrogens is 3. The highest BCUT2D eigenvalue weighted by Gasteiger charge is 2.35. The summed E-state index contributed by atoms with van der Waals surface area (Å²) >= 11 is 0. The molecule has 2 aromatic heterocycles. The summed E-state index contributed by atoms with van der Waals surface area (Å²) in [6.07, 6.45) is 2.50. The maximum atomic E-state index is 11.7. The Hall–Kier alpha value is -2.63. The molecule has 1 atom stereocenters. The molecule has 1 aliphatic rings. The van der Waals surface area contributed by atoms with Crippen LogP contribution in [0.3, 0.4) is 0 Å². The minimum atomic E-state index is -0.999. The first kappa shape index (κ1) is 15.9. The van der Waals surface area contributed by atoms with Gasteiger partial charge in [-0.05, 0) is 42.7 Å². The normalized spacial score (nSPS) is 17.6. The van der Waals surface area contributed by atoms with E-state index in [9.17, 15) is 9.90 Å². The molecule has 0 aliphatic heterocycles. The van der Waals surface area contributed by atoms with Gasteiger partial charge in [0.1, 0.15) is 5.52 Å². The van der Waals surface area contributed by atoms with Crippen LogP contribution in [0.2, 0.25) is 0 Å². The first-order chi connectivity index (χ1) is 11.8. The smallest absolute Gasteiger partial charge is 0.356 e. The summed E-state index contributed by atoms with van der Waals surface area (Å²) < 4.78 is 7.38. The van der Waals surface area contributed by atoms with Crippen LogP contribution in [0, 0.1) is 11.3 Å². The number of para-hydroxylation sites is 2. The molecule has 1 aromatic carbocycles. The van der Waals surface area contributed by atoms with E-state index in [0.29, 0.717) is 17.5 Å². The lowest BCUT2D eigenvalue weighted by Gasteiger charge is -2.33. The number of aromatic carboxylic acids is 1. The molecule has 0 amide bonds. The fourth-order valence-electron chi connectivity index (χ4n) is 3.64. The second-order valence-corrected chi connectivity index (χ2v) is 7.76. The molecule has 1 unspecified atom stereocenters. The number of carbonyl (C=O) groups is 1. The van der Waals surface area contributed by atoms with E-state index in [2.05, 4.69) is 30.9 Å². The molecule has 6 nitrogen and oxygen atoms in total. The number of benzene rings is 1. The van der Waals surface area contributed by atoms with E-state index in [4.69, 9.17) is 4.42 Å². The molecule has 0 saturated heterocycles. The molecule has 0 radical (unpaired) electrons. The van der Waals surface area contributed by atoms with Crippen molar-refractivity contribution in [2.24, 2.45) is 11.3 Å². The third-order valence-corrected chi connectivity index (χ3v) is 5.16. The van der Waals surface area contributed by atoms with Gasteiger partial charge in [0.2, 0.25) is 0 Å². The molecular weight excluding hydrogens is 318 g/mol. The third kappa shape index (κ3) is 2.62. The monoisotopic (exact) mass is 339 g/mol. The molecule has 6 heteroatoms. The lowest BCUT2D eigenvalue weighted by Crippen LogP contribution is -2.27. The van der Waals surface area contributed by atoms with Crippen molar-refractivity contribution < 1.29 is 14.3 Å². The fourth-order valence-corrected chi connectivity index (χ4v) is 3.64. The molecule has 1 aliphatic carbocycles. The summed E-state index contributed by atoms with van der Waals surface area (Å²) in [7, 11) is 0. The summed E-state index contributed by atoms with van der Waals surface area (Å²) in [5.74, 6) is -0.569. The van der Waals surface area contributed by atoms with E-state index >= 15 is 0 Å². The van der Waals surface area contributed by atoms with Crippen LogP contribution in [-0.2, 0) is 12.8 Å². The summed E-state index contributed by atoms with van der Waals surface area (Å²) in [5, 5.41) is 13.9. The van der Waals surface area contributed by atoms with Gasteiger partial charge in [0, 0.05) is 5.56 Å². The third-order valence-electron chi connectivity index (χ3n) is 5.16. The van der Waals surface area contributed by atoms with E-state index in [1.165, 1.54) is 0 Å². The van der Waals surface area contributed by atoms with Gasteiger partial charge < -0.3 is 9.52 Å². The van der Waals surface area contributed by atoms with Crippen molar-refractivity contribution in [1.82, 2.24) is 14.8 Å². The Labute approximate surface area is 145 Å². The number of rotatable bonds is 2. The first-order valence-electron chi connectivity index (χ1n) is 8.54. The van der Waals surface area contributed by atoms with E-state index in [1.54, 1.807) is 4.68 Å². The van der Waals surface area contributed by atoms with Gasteiger partial charge in [-0.3, -0.25) is 0 Å². The number of carboxylic acids is 1. The van der Waals surface area contributed by atoms with Crippen LogP contribution < -0.4 is 0 Å². The van der Waals surface area contributed by atoms with Gasteiger partial charge in [0.25, 0.3) is 0 Å². The summed E-state index contributed by atoms with van der Waals surface area (Å²) in [6.45, 7) is 6.61. The Morgan fingerprint density at radius 3 is 2.76 bits per heavy atom. The van der Waals surface area contributed by atoms with Crippen LogP contribution in [0.5, 0.6) is 0 Å². The second kappa shape index (κ2) is 5.44. The fraction of sp³-hybridized carbons (Fsp3) is 0.421. The number of carboxylic acid groups (broad SMARTS) is 1. The Kier molecular flexibility index (Phi) is 3.45. The molecule has 2 heterocycles. The average molecular weight is 339 g/mol. The van der Waals surface area contributed by atoms with Crippen molar-refractivity contribution in [2.45, 2.75) is 40.0 Å². The van der Waals surface area contributed by atoms with Crippen molar-refractivity contribution in [2.75, 3.05) is 0 Å². The zero-order valence-corrected chi connectivity index (χ0v) is 14.6. The number of hydrogen-bond donors (Lipinski definition) is 1. The standard InChI is InChI=1S/C19H21N3O3/c1-19(2,3)11-8-9-14-12(10-11)16(17(23)24)21-22(14)18-20-13-6-4-5-7-15(13)25-18/h4-7,11H,8-10H2,1-3H3,(H,23,24). The zero-order chi connectivity index (χ0) is 17.8. The van der Waals surface area contributed by atoms with Gasteiger partial charge in [-0.2, -0.15) is 14.8 Å². The van der Waals surface area contributed by atoms with Gasteiger partial charge in [-0.25, -0.2) is 4.79 Å². The van der Waals surface area contributed by atoms with Crippen molar-refractivity contribution in [3.8, 4) is 6.01 Å². The molecule has 4 rings (SSSR count). The number of hydrogen-bond acceptors (Lipinski definition) is 4. The highest BCUT2D eigenvalue weighted by atomic mass is 16.4. The summed E-state index contributed by atoms with van der Waals surface area (Å²) in [6, 6.07) is 7.82. The lowest BCUT2D eigenvalue weighted by molar-refractivity contribution is 0.0687. The molecule has 3 aromatic rings. The van der Waals surface area contributed by atoms with Crippen LogP contribution in [0.1, 0.15) is 48.9 Å². The number of fused-ring (bicyclic) bond motifs is 2. The van der Waals surface area contributed by atoms with Gasteiger partial charge in [-0.1, -0.05) is 32.9 Å². The van der Waals surface area contributed by atoms with Crippen LogP contribution in [0.25, 0.3) is 17.1 Å². The van der Waals surface area contributed by atoms with Crippen molar-refractivity contribution in [3.05, 3.63) is 41.2 Å².